The number of carbonyl (C=O) groups is 1. The van der Waals surface area contributed by atoms with Gasteiger partial charge < -0.3 is 19.9 Å². The second-order valence-electron chi connectivity index (χ2n) is 13.7. The number of likely N-dealkylation sites (N-methyl/N-ethyl adjacent to an activating group) is 1. The molecule has 2 aromatic rings. The normalized spacial score (nSPS) is 26.1. The smallest absolute Gasteiger partial charge is 0.251 e. The number of fused-ring (bicyclic) bond motifs is 3. The topological polar surface area (TPSA) is 48.1 Å². The van der Waals surface area contributed by atoms with Crippen LogP contribution in [-0.2, 0) is 6.54 Å². The fraction of sp³-hybridized carbons (Fsp3) is 0.553. The van der Waals surface area contributed by atoms with Crippen molar-refractivity contribution in [1.29, 1.82) is 0 Å². The van der Waals surface area contributed by atoms with Gasteiger partial charge in [-0.1, -0.05) is 49.3 Å². The number of hydrogen-bond donors (Lipinski definition) is 1. The van der Waals surface area contributed by atoms with Crippen LogP contribution in [0.25, 0.3) is 0 Å². The first-order valence-electron chi connectivity index (χ1n) is 17.4. The van der Waals surface area contributed by atoms with Gasteiger partial charge in [0.15, 0.2) is 0 Å². The second-order valence-corrected chi connectivity index (χ2v) is 13.7. The van der Waals surface area contributed by atoms with Crippen LogP contribution < -0.4 is 15.0 Å². The van der Waals surface area contributed by atoms with Gasteiger partial charge in [0.1, 0.15) is 11.9 Å². The molecule has 3 unspecified atom stereocenters. The van der Waals surface area contributed by atoms with E-state index in [1.54, 1.807) is 0 Å². The van der Waals surface area contributed by atoms with Crippen LogP contribution in [0.2, 0.25) is 0 Å². The van der Waals surface area contributed by atoms with Crippen molar-refractivity contribution < 1.29 is 9.53 Å². The standard InChI is InChI=1S/C38H50N4O2/c1-2-42-36-12-6-5-11-34(36)35-24-29(13-18-37(35)42)26-40-21-7-10-33(27-40)44-32-16-14-30(15-17-32)38(43)39-25-28-19-22-41(23-20-28)31-8-3-4-9-31/h5-6,11-18,24,28,31,33-34,36H,2-4,7-10,19-23,25-27H2,1H3,(H,39,43). The molecule has 0 spiro atoms. The summed E-state index contributed by atoms with van der Waals surface area (Å²) < 4.78 is 6.44. The van der Waals surface area contributed by atoms with Crippen LogP contribution in [0.1, 0.15) is 85.7 Å². The number of amides is 1. The SMILES string of the molecule is CCN1c2ccc(CN3CCCC(Oc4ccc(C(=O)NCC5CCN(C6CCCC6)CC5)cc4)C3)cc2C2C=CC=CC21. The molecule has 0 bridgehead atoms. The van der Waals surface area contributed by atoms with E-state index in [2.05, 4.69) is 69.4 Å². The van der Waals surface area contributed by atoms with Crippen molar-refractivity contribution in [3.05, 3.63) is 83.5 Å². The number of anilines is 1. The van der Waals surface area contributed by atoms with Crippen LogP contribution >= 0.6 is 0 Å². The van der Waals surface area contributed by atoms with Crippen molar-refractivity contribution in [1.82, 2.24) is 15.1 Å². The van der Waals surface area contributed by atoms with E-state index in [1.165, 1.54) is 68.4 Å². The predicted octanol–water partition coefficient (Wildman–Crippen LogP) is 6.53. The molecular weight excluding hydrogens is 544 g/mol. The highest BCUT2D eigenvalue weighted by Crippen LogP contribution is 2.44. The summed E-state index contributed by atoms with van der Waals surface area (Å²) in [6.45, 7) is 9.43. The molecule has 5 aliphatic rings. The van der Waals surface area contributed by atoms with Crippen LogP contribution in [0.15, 0.2) is 66.8 Å². The molecule has 234 valence electrons. The fourth-order valence-electron chi connectivity index (χ4n) is 8.47. The molecule has 3 heterocycles. The van der Waals surface area contributed by atoms with Gasteiger partial charge in [-0.05, 0) is 112 Å². The van der Waals surface area contributed by atoms with Gasteiger partial charge in [-0.25, -0.2) is 0 Å². The van der Waals surface area contributed by atoms with Gasteiger partial charge in [-0.3, -0.25) is 9.69 Å². The number of piperidine rings is 2. The van der Waals surface area contributed by atoms with E-state index in [4.69, 9.17) is 4.74 Å². The summed E-state index contributed by atoms with van der Waals surface area (Å²) >= 11 is 0. The van der Waals surface area contributed by atoms with Gasteiger partial charge in [0.2, 0.25) is 0 Å². The van der Waals surface area contributed by atoms with Gasteiger partial charge in [0.05, 0.1) is 6.04 Å². The van der Waals surface area contributed by atoms with Crippen LogP contribution in [0, 0.1) is 5.92 Å². The molecule has 2 aromatic carbocycles. The summed E-state index contributed by atoms with van der Waals surface area (Å²) in [6.07, 6.45) is 19.4. The largest absolute Gasteiger partial charge is 0.489 e. The third-order valence-corrected chi connectivity index (χ3v) is 10.9. The highest BCUT2D eigenvalue weighted by Gasteiger charge is 2.36. The Labute approximate surface area is 264 Å². The molecule has 1 N–H and O–H groups in total. The molecule has 1 amide bonds. The van der Waals surface area contributed by atoms with Gasteiger partial charge in [0, 0.05) is 49.4 Å². The number of allylic oxidation sites excluding steroid dienone is 2. The van der Waals surface area contributed by atoms with E-state index in [1.807, 2.05) is 24.3 Å². The van der Waals surface area contributed by atoms with Gasteiger partial charge in [-0.15, -0.1) is 0 Å². The molecule has 44 heavy (non-hydrogen) atoms. The highest BCUT2D eigenvalue weighted by molar-refractivity contribution is 5.94. The van der Waals surface area contributed by atoms with Crippen molar-refractivity contribution in [2.45, 2.75) is 88.9 Å². The monoisotopic (exact) mass is 594 g/mol. The van der Waals surface area contributed by atoms with E-state index < -0.39 is 0 Å². The maximum atomic E-state index is 12.9. The number of carbonyl (C=O) groups excluding carboxylic acids is 1. The minimum Gasteiger partial charge on any atom is -0.489 e. The molecule has 1 saturated carbocycles. The summed E-state index contributed by atoms with van der Waals surface area (Å²) in [7, 11) is 0. The third-order valence-electron chi connectivity index (χ3n) is 10.9. The Kier molecular flexibility index (Phi) is 9.08. The van der Waals surface area contributed by atoms with Crippen molar-refractivity contribution in [3.8, 4) is 5.75 Å². The lowest BCUT2D eigenvalue weighted by molar-refractivity contribution is 0.0842. The number of ether oxygens (including phenoxy) is 1. The van der Waals surface area contributed by atoms with Crippen LogP contribution in [-0.4, -0.2) is 73.2 Å². The van der Waals surface area contributed by atoms with Gasteiger partial charge in [-0.2, -0.15) is 0 Å². The van der Waals surface area contributed by atoms with E-state index in [0.717, 1.165) is 62.9 Å². The molecule has 2 saturated heterocycles. The Balaban J connectivity index is 0.880. The van der Waals surface area contributed by atoms with Crippen molar-refractivity contribution in [3.63, 3.8) is 0 Å². The lowest BCUT2D eigenvalue weighted by Gasteiger charge is -2.36. The van der Waals surface area contributed by atoms with Crippen molar-refractivity contribution in [2.24, 2.45) is 5.92 Å². The van der Waals surface area contributed by atoms with Crippen LogP contribution in [0.4, 0.5) is 5.69 Å². The molecule has 3 fully saturated rings. The summed E-state index contributed by atoms with van der Waals surface area (Å²) in [5, 5.41) is 3.20. The first-order valence-corrected chi connectivity index (χ1v) is 17.4. The molecule has 3 atom stereocenters. The summed E-state index contributed by atoms with van der Waals surface area (Å²) in [5.41, 5.74) is 4.96. The third kappa shape index (κ3) is 6.48. The zero-order valence-electron chi connectivity index (χ0n) is 26.5. The number of nitrogens with zero attached hydrogens (tertiary/aromatic N) is 3. The zero-order chi connectivity index (χ0) is 29.9. The second kappa shape index (κ2) is 13.5. The number of likely N-dealkylation sites (tertiary alicyclic amines) is 2. The van der Waals surface area contributed by atoms with Crippen molar-refractivity contribution in [2.75, 3.05) is 44.2 Å². The minimum atomic E-state index is 0.0288. The first-order chi connectivity index (χ1) is 21.6. The molecule has 3 aliphatic heterocycles. The summed E-state index contributed by atoms with van der Waals surface area (Å²) in [5.74, 6) is 1.93. The summed E-state index contributed by atoms with van der Waals surface area (Å²) in [6, 6.07) is 16.1. The fourth-order valence-corrected chi connectivity index (χ4v) is 8.47. The number of hydrogen-bond acceptors (Lipinski definition) is 5. The van der Waals surface area contributed by atoms with Gasteiger partial charge >= 0.3 is 0 Å². The molecule has 2 aliphatic carbocycles. The van der Waals surface area contributed by atoms with Crippen molar-refractivity contribution >= 4 is 11.6 Å². The van der Waals surface area contributed by atoms with E-state index >= 15 is 0 Å². The van der Waals surface area contributed by atoms with E-state index in [0.29, 0.717) is 17.9 Å². The Bertz CT molecular complexity index is 1340. The first kappa shape index (κ1) is 29.6. The van der Waals surface area contributed by atoms with E-state index in [9.17, 15) is 4.79 Å². The lowest BCUT2D eigenvalue weighted by Crippen LogP contribution is -2.42. The average Bonchev–Trinajstić information content (AvgIpc) is 3.71. The van der Waals surface area contributed by atoms with E-state index in [-0.39, 0.29) is 12.0 Å². The minimum absolute atomic E-state index is 0.0288. The number of benzene rings is 2. The van der Waals surface area contributed by atoms with Gasteiger partial charge in [0.25, 0.3) is 5.91 Å². The molecule has 0 aromatic heterocycles. The number of nitrogens with one attached hydrogen (secondary N) is 1. The summed E-state index contributed by atoms with van der Waals surface area (Å²) in [4.78, 5) is 20.7. The Morgan fingerprint density at radius 2 is 1.70 bits per heavy atom. The van der Waals surface area contributed by atoms with Crippen LogP contribution in [0.3, 0.4) is 0 Å². The lowest BCUT2D eigenvalue weighted by atomic mass is 9.90. The molecule has 6 heteroatoms. The number of rotatable bonds is 9. The molecular formula is C38H50N4O2. The Morgan fingerprint density at radius 3 is 2.50 bits per heavy atom. The zero-order valence-corrected chi connectivity index (χ0v) is 26.5. The Hall–Kier alpha value is -3.09. The Morgan fingerprint density at radius 1 is 0.909 bits per heavy atom. The quantitative estimate of drug-likeness (QED) is 0.358. The molecule has 7 rings (SSSR count). The predicted molar refractivity (Wildman–Crippen MR) is 179 cm³/mol. The van der Waals surface area contributed by atoms with Crippen LogP contribution in [0.5, 0.6) is 5.75 Å². The molecule has 6 nitrogen and oxygen atoms in total. The maximum Gasteiger partial charge on any atom is 0.251 e. The highest BCUT2D eigenvalue weighted by atomic mass is 16.5. The molecule has 0 radical (unpaired) electrons. The average molecular weight is 595 g/mol. The maximum absolute atomic E-state index is 12.9.